The van der Waals surface area contributed by atoms with Crippen molar-refractivity contribution in [3.8, 4) is 5.75 Å². The highest BCUT2D eigenvalue weighted by atomic mass is 16.5. The number of hydrogen-bond acceptors (Lipinski definition) is 5. The van der Waals surface area contributed by atoms with Gasteiger partial charge in [-0.25, -0.2) is 0 Å². The zero-order valence-electron chi connectivity index (χ0n) is 10.8. The number of benzene rings is 1. The van der Waals surface area contributed by atoms with E-state index in [9.17, 15) is 0 Å². The summed E-state index contributed by atoms with van der Waals surface area (Å²) in [5.41, 5.74) is 7.86. The molecule has 0 bridgehead atoms. The summed E-state index contributed by atoms with van der Waals surface area (Å²) in [7, 11) is 0. The van der Waals surface area contributed by atoms with Crippen LogP contribution in [0.3, 0.4) is 0 Å². The molecule has 4 N–H and O–H groups in total. The maximum absolute atomic E-state index is 5.88. The summed E-state index contributed by atoms with van der Waals surface area (Å²) >= 11 is 0. The summed E-state index contributed by atoms with van der Waals surface area (Å²) in [5.74, 6) is 6.47. The van der Waals surface area contributed by atoms with Gasteiger partial charge in [-0.1, -0.05) is 12.7 Å². The van der Waals surface area contributed by atoms with Crippen molar-refractivity contribution in [2.24, 2.45) is 11.6 Å². The zero-order valence-corrected chi connectivity index (χ0v) is 10.8. The molecule has 1 saturated heterocycles. The fraction of sp³-hybridized carbons (Fsp3) is 0.385. The highest BCUT2D eigenvalue weighted by molar-refractivity contribution is 5.64. The van der Waals surface area contributed by atoms with Crippen molar-refractivity contribution in [1.29, 1.82) is 0 Å². The Hall–Kier alpha value is -1.56. The first-order chi connectivity index (χ1) is 8.52. The predicted molar refractivity (Wildman–Crippen MR) is 73.6 cm³/mol. The molecule has 98 valence electrons. The van der Waals surface area contributed by atoms with E-state index in [1.54, 1.807) is 11.1 Å². The number of anilines is 1. The predicted octanol–water partition coefficient (Wildman–Crippen LogP) is 1.31. The summed E-state index contributed by atoms with van der Waals surface area (Å²) in [6, 6.07) is 5.94. The lowest BCUT2D eigenvalue weighted by Crippen LogP contribution is -2.71. The SMILES string of the molecule is C=Cc1cc(N2CN(N)C2N)ccc1OC(C)C. The van der Waals surface area contributed by atoms with Crippen molar-refractivity contribution in [3.63, 3.8) is 0 Å². The number of hydrogen-bond donors (Lipinski definition) is 2. The maximum atomic E-state index is 5.88. The van der Waals surface area contributed by atoms with E-state index in [0.29, 0.717) is 6.67 Å². The molecule has 1 aliphatic rings. The van der Waals surface area contributed by atoms with E-state index < -0.39 is 0 Å². The molecule has 1 heterocycles. The minimum Gasteiger partial charge on any atom is -0.490 e. The molecule has 5 heteroatoms. The van der Waals surface area contributed by atoms with Gasteiger partial charge in [0.25, 0.3) is 0 Å². The van der Waals surface area contributed by atoms with E-state index in [1.165, 1.54) is 0 Å². The van der Waals surface area contributed by atoms with Gasteiger partial charge in [-0.05, 0) is 32.0 Å². The number of hydrazine groups is 1. The molecule has 0 aromatic heterocycles. The van der Waals surface area contributed by atoms with Crippen LogP contribution in [-0.4, -0.2) is 24.1 Å². The van der Waals surface area contributed by atoms with Crippen molar-refractivity contribution in [2.75, 3.05) is 11.6 Å². The maximum Gasteiger partial charge on any atom is 0.150 e. The van der Waals surface area contributed by atoms with Crippen LogP contribution in [0.2, 0.25) is 0 Å². The molecule has 0 amide bonds. The third-order valence-electron chi connectivity index (χ3n) is 2.88. The summed E-state index contributed by atoms with van der Waals surface area (Å²) in [6.07, 6.45) is 1.66. The molecular formula is C13H20N4O. The second-order valence-electron chi connectivity index (χ2n) is 4.63. The van der Waals surface area contributed by atoms with Crippen molar-refractivity contribution >= 4 is 11.8 Å². The zero-order chi connectivity index (χ0) is 13.3. The van der Waals surface area contributed by atoms with E-state index in [4.69, 9.17) is 16.3 Å². The Morgan fingerprint density at radius 2 is 2.22 bits per heavy atom. The van der Waals surface area contributed by atoms with Crippen molar-refractivity contribution < 1.29 is 4.74 Å². The van der Waals surface area contributed by atoms with E-state index in [0.717, 1.165) is 17.0 Å². The molecule has 1 aromatic rings. The quantitative estimate of drug-likeness (QED) is 0.786. The molecule has 1 aliphatic heterocycles. The Morgan fingerprint density at radius 3 is 2.72 bits per heavy atom. The summed E-state index contributed by atoms with van der Waals surface area (Å²) in [4.78, 5) is 2.01. The van der Waals surface area contributed by atoms with Crippen LogP contribution in [0.4, 0.5) is 5.69 Å². The molecule has 1 unspecified atom stereocenters. The first kappa shape index (κ1) is 12.9. The minimum atomic E-state index is -0.264. The normalized spacial score (nSPS) is 19.8. The Morgan fingerprint density at radius 1 is 1.50 bits per heavy atom. The van der Waals surface area contributed by atoms with E-state index in [2.05, 4.69) is 6.58 Å². The van der Waals surface area contributed by atoms with Crippen molar-refractivity contribution in [3.05, 3.63) is 30.3 Å². The molecule has 1 fully saturated rings. The van der Waals surface area contributed by atoms with Gasteiger partial charge in [-0.3, -0.25) is 11.6 Å². The number of ether oxygens (including phenoxy) is 1. The van der Waals surface area contributed by atoms with E-state index >= 15 is 0 Å². The number of nitrogens with two attached hydrogens (primary N) is 2. The largest absolute Gasteiger partial charge is 0.490 e. The van der Waals surface area contributed by atoms with Crippen molar-refractivity contribution in [2.45, 2.75) is 26.2 Å². The Bertz CT molecular complexity index is 447. The second kappa shape index (κ2) is 4.97. The fourth-order valence-electron chi connectivity index (χ4n) is 1.90. The van der Waals surface area contributed by atoms with Crippen LogP contribution in [0.5, 0.6) is 5.75 Å². The van der Waals surface area contributed by atoms with Gasteiger partial charge < -0.3 is 9.64 Å². The van der Waals surface area contributed by atoms with Gasteiger partial charge in [-0.15, -0.1) is 0 Å². The fourth-order valence-corrected chi connectivity index (χ4v) is 1.90. The van der Waals surface area contributed by atoms with Gasteiger partial charge in [0, 0.05) is 11.3 Å². The van der Waals surface area contributed by atoms with E-state index in [1.807, 2.05) is 36.9 Å². The second-order valence-corrected chi connectivity index (χ2v) is 4.63. The third-order valence-corrected chi connectivity index (χ3v) is 2.88. The summed E-state index contributed by atoms with van der Waals surface area (Å²) in [5, 5.41) is 1.58. The third kappa shape index (κ3) is 2.33. The molecule has 1 aromatic carbocycles. The van der Waals surface area contributed by atoms with E-state index in [-0.39, 0.29) is 12.4 Å². The molecule has 18 heavy (non-hydrogen) atoms. The Balaban J connectivity index is 2.22. The first-order valence-electron chi connectivity index (χ1n) is 5.99. The lowest BCUT2D eigenvalue weighted by Gasteiger charge is -2.47. The van der Waals surface area contributed by atoms with Gasteiger partial charge in [0.15, 0.2) is 0 Å². The monoisotopic (exact) mass is 248 g/mol. The molecule has 0 radical (unpaired) electrons. The standard InChI is InChI=1S/C13H20N4O/c1-4-10-7-11(16-8-17(15)13(16)14)5-6-12(10)18-9(2)3/h4-7,9,13H,1,8,14-15H2,2-3H3. The highest BCUT2D eigenvalue weighted by Gasteiger charge is 2.31. The Labute approximate surface area is 108 Å². The van der Waals surface area contributed by atoms with Gasteiger partial charge >= 0.3 is 0 Å². The average Bonchev–Trinajstić information content (AvgIpc) is 2.35. The molecule has 1 atom stereocenters. The van der Waals surface area contributed by atoms with Crippen LogP contribution in [0.25, 0.3) is 6.08 Å². The molecular weight excluding hydrogens is 228 g/mol. The lowest BCUT2D eigenvalue weighted by atomic mass is 10.1. The molecule has 2 rings (SSSR count). The van der Waals surface area contributed by atoms with Crippen LogP contribution < -0.4 is 21.2 Å². The van der Waals surface area contributed by atoms with Gasteiger partial charge in [0.1, 0.15) is 12.0 Å². The minimum absolute atomic E-state index is 0.139. The van der Waals surface area contributed by atoms with Crippen LogP contribution in [0.1, 0.15) is 19.4 Å². The van der Waals surface area contributed by atoms with Crippen LogP contribution in [-0.2, 0) is 0 Å². The highest BCUT2D eigenvalue weighted by Crippen LogP contribution is 2.29. The summed E-state index contributed by atoms with van der Waals surface area (Å²) in [6.45, 7) is 8.44. The number of rotatable bonds is 4. The van der Waals surface area contributed by atoms with Gasteiger partial charge in [0.05, 0.1) is 12.8 Å². The van der Waals surface area contributed by atoms with Crippen LogP contribution >= 0.6 is 0 Å². The number of nitrogens with zero attached hydrogens (tertiary/aromatic N) is 2. The summed E-state index contributed by atoms with van der Waals surface area (Å²) < 4.78 is 5.71. The molecule has 0 spiro atoms. The van der Waals surface area contributed by atoms with Crippen molar-refractivity contribution in [1.82, 2.24) is 5.01 Å². The van der Waals surface area contributed by atoms with Crippen LogP contribution in [0, 0.1) is 0 Å². The lowest BCUT2D eigenvalue weighted by molar-refractivity contribution is 0.101. The Kier molecular flexibility index (Phi) is 3.56. The first-order valence-corrected chi connectivity index (χ1v) is 5.99. The van der Waals surface area contributed by atoms with Gasteiger partial charge in [0.2, 0.25) is 0 Å². The molecule has 5 nitrogen and oxygen atoms in total. The van der Waals surface area contributed by atoms with Crippen LogP contribution in [0.15, 0.2) is 24.8 Å². The topological polar surface area (TPSA) is 67.8 Å². The molecule has 0 saturated carbocycles. The average molecular weight is 248 g/mol. The smallest absolute Gasteiger partial charge is 0.150 e. The van der Waals surface area contributed by atoms with Gasteiger partial charge in [-0.2, -0.15) is 5.01 Å². The molecule has 0 aliphatic carbocycles.